The molecule has 0 saturated carbocycles. The van der Waals surface area contributed by atoms with Gasteiger partial charge in [-0.15, -0.1) is 0 Å². The highest BCUT2D eigenvalue weighted by atomic mass is 32.2. The van der Waals surface area contributed by atoms with Crippen LogP contribution in [0.5, 0.6) is 0 Å². The van der Waals surface area contributed by atoms with Crippen LogP contribution in [0, 0.1) is 0 Å². The predicted octanol–water partition coefficient (Wildman–Crippen LogP) is 1.40. The number of hydrogen-bond acceptors (Lipinski definition) is 5. The molecule has 1 aromatic rings. The SMILES string of the molecule is CS(=O)(=O)C1CCCN(C(=O)NCCCOCc2ccco2)C1. The largest absolute Gasteiger partial charge is 0.467 e. The lowest BCUT2D eigenvalue weighted by Crippen LogP contribution is -2.49. The fourth-order valence-corrected chi connectivity index (χ4v) is 3.57. The summed E-state index contributed by atoms with van der Waals surface area (Å²) in [6.45, 7) is 2.32. The number of ether oxygens (including phenoxy) is 1. The number of furan rings is 1. The summed E-state index contributed by atoms with van der Waals surface area (Å²) in [6.07, 6.45) is 4.87. The van der Waals surface area contributed by atoms with E-state index < -0.39 is 15.1 Å². The Balaban J connectivity index is 1.61. The Hall–Kier alpha value is -1.54. The molecule has 1 atom stereocenters. The number of likely N-dealkylation sites (tertiary alicyclic amines) is 1. The summed E-state index contributed by atoms with van der Waals surface area (Å²) in [5.74, 6) is 0.772. The minimum absolute atomic E-state index is 0.204. The molecular formula is C15H24N2O5S. The van der Waals surface area contributed by atoms with Gasteiger partial charge in [0.1, 0.15) is 12.4 Å². The van der Waals surface area contributed by atoms with Gasteiger partial charge in [-0.25, -0.2) is 13.2 Å². The first-order valence-corrected chi connectivity index (χ1v) is 9.74. The number of carbonyl (C=O) groups is 1. The van der Waals surface area contributed by atoms with E-state index in [2.05, 4.69) is 5.32 Å². The summed E-state index contributed by atoms with van der Waals surface area (Å²) in [7, 11) is -3.10. The molecule has 1 aliphatic heterocycles. The van der Waals surface area contributed by atoms with Crippen LogP contribution in [0.3, 0.4) is 0 Å². The summed E-state index contributed by atoms with van der Waals surface area (Å²) in [4.78, 5) is 13.6. The fraction of sp³-hybridized carbons (Fsp3) is 0.667. The van der Waals surface area contributed by atoms with Crippen molar-refractivity contribution in [1.29, 1.82) is 0 Å². The van der Waals surface area contributed by atoms with Crippen molar-refractivity contribution in [3.8, 4) is 0 Å². The van der Waals surface area contributed by atoms with Gasteiger partial charge in [-0.1, -0.05) is 0 Å². The van der Waals surface area contributed by atoms with Gasteiger partial charge in [0.2, 0.25) is 0 Å². The van der Waals surface area contributed by atoms with Gasteiger partial charge in [-0.2, -0.15) is 0 Å². The third-order valence-corrected chi connectivity index (χ3v) is 5.43. The molecule has 2 rings (SSSR count). The van der Waals surface area contributed by atoms with E-state index in [4.69, 9.17) is 9.15 Å². The minimum Gasteiger partial charge on any atom is -0.467 e. The van der Waals surface area contributed by atoms with Crippen LogP contribution in [0.2, 0.25) is 0 Å². The van der Waals surface area contributed by atoms with Crippen molar-refractivity contribution in [2.75, 3.05) is 32.5 Å². The maximum absolute atomic E-state index is 12.1. The number of rotatable bonds is 7. The highest BCUT2D eigenvalue weighted by Gasteiger charge is 2.29. The van der Waals surface area contributed by atoms with Crippen molar-refractivity contribution in [2.24, 2.45) is 0 Å². The second-order valence-electron chi connectivity index (χ2n) is 5.76. The Labute approximate surface area is 136 Å². The van der Waals surface area contributed by atoms with Gasteiger partial charge in [0.05, 0.1) is 11.5 Å². The minimum atomic E-state index is -3.10. The van der Waals surface area contributed by atoms with Gasteiger partial charge in [0.15, 0.2) is 9.84 Å². The molecule has 1 aliphatic rings. The van der Waals surface area contributed by atoms with E-state index in [-0.39, 0.29) is 12.6 Å². The number of sulfone groups is 1. The maximum Gasteiger partial charge on any atom is 0.317 e. The number of nitrogens with zero attached hydrogens (tertiary/aromatic N) is 1. The van der Waals surface area contributed by atoms with Gasteiger partial charge >= 0.3 is 6.03 Å². The van der Waals surface area contributed by atoms with Crippen LogP contribution in [0.1, 0.15) is 25.0 Å². The number of urea groups is 1. The van der Waals surface area contributed by atoms with Crippen LogP contribution in [0.15, 0.2) is 22.8 Å². The van der Waals surface area contributed by atoms with Crippen LogP contribution in [0.25, 0.3) is 0 Å². The van der Waals surface area contributed by atoms with Gasteiger partial charge in [-0.05, 0) is 31.4 Å². The number of piperidine rings is 1. The lowest BCUT2D eigenvalue weighted by atomic mass is 10.1. The zero-order valence-corrected chi connectivity index (χ0v) is 14.2. The van der Waals surface area contributed by atoms with Gasteiger partial charge < -0.3 is 19.4 Å². The van der Waals surface area contributed by atoms with E-state index in [9.17, 15) is 13.2 Å². The molecule has 23 heavy (non-hydrogen) atoms. The molecule has 1 aromatic heterocycles. The van der Waals surface area contributed by atoms with E-state index in [0.717, 1.165) is 12.2 Å². The number of amides is 2. The number of nitrogens with one attached hydrogen (secondary N) is 1. The highest BCUT2D eigenvalue weighted by Crippen LogP contribution is 2.16. The Morgan fingerprint density at radius 2 is 2.35 bits per heavy atom. The third-order valence-electron chi connectivity index (χ3n) is 3.84. The van der Waals surface area contributed by atoms with Crippen LogP contribution >= 0.6 is 0 Å². The van der Waals surface area contributed by atoms with Crippen molar-refractivity contribution in [3.05, 3.63) is 24.2 Å². The van der Waals surface area contributed by atoms with Gasteiger partial charge in [-0.3, -0.25) is 0 Å². The first kappa shape index (κ1) is 17.8. The van der Waals surface area contributed by atoms with Crippen LogP contribution < -0.4 is 5.32 Å². The van der Waals surface area contributed by atoms with E-state index in [1.54, 1.807) is 17.2 Å². The maximum atomic E-state index is 12.1. The smallest absolute Gasteiger partial charge is 0.317 e. The van der Waals surface area contributed by atoms with Gasteiger partial charge in [0.25, 0.3) is 0 Å². The quantitative estimate of drug-likeness (QED) is 0.756. The Morgan fingerprint density at radius 3 is 3.04 bits per heavy atom. The standard InChI is InChI=1S/C15H24N2O5S/c1-23(19,20)14-6-2-8-17(11-14)15(18)16-7-4-9-21-12-13-5-3-10-22-13/h3,5,10,14H,2,4,6-9,11-12H2,1H3,(H,16,18). The summed E-state index contributed by atoms with van der Waals surface area (Å²) < 4.78 is 33.8. The lowest BCUT2D eigenvalue weighted by molar-refractivity contribution is 0.104. The van der Waals surface area contributed by atoms with Crippen molar-refractivity contribution < 1.29 is 22.4 Å². The molecule has 2 heterocycles. The summed E-state index contributed by atoms with van der Waals surface area (Å²) in [5.41, 5.74) is 0. The van der Waals surface area contributed by atoms with Crippen molar-refractivity contribution in [1.82, 2.24) is 10.2 Å². The molecule has 0 radical (unpaired) electrons. The van der Waals surface area contributed by atoms with E-state index in [1.165, 1.54) is 6.26 Å². The van der Waals surface area contributed by atoms with E-state index >= 15 is 0 Å². The molecule has 0 aliphatic carbocycles. The second kappa shape index (κ2) is 8.35. The Bertz CT molecular complexity index is 585. The molecule has 8 heteroatoms. The average Bonchev–Trinajstić information content (AvgIpc) is 3.03. The van der Waals surface area contributed by atoms with Crippen molar-refractivity contribution in [3.63, 3.8) is 0 Å². The summed E-state index contributed by atoms with van der Waals surface area (Å²) >= 11 is 0. The van der Waals surface area contributed by atoms with Crippen molar-refractivity contribution in [2.45, 2.75) is 31.1 Å². The first-order valence-electron chi connectivity index (χ1n) is 7.78. The molecule has 7 nitrogen and oxygen atoms in total. The van der Waals surface area contributed by atoms with Crippen LogP contribution in [0.4, 0.5) is 4.79 Å². The molecule has 1 N–H and O–H groups in total. The topological polar surface area (TPSA) is 88.9 Å². The zero-order valence-electron chi connectivity index (χ0n) is 13.4. The number of hydrogen-bond donors (Lipinski definition) is 1. The van der Waals surface area contributed by atoms with Crippen LogP contribution in [-0.2, 0) is 21.2 Å². The zero-order chi connectivity index (χ0) is 16.7. The summed E-state index contributed by atoms with van der Waals surface area (Å²) in [5, 5.41) is 2.36. The Kier molecular flexibility index (Phi) is 6.47. The monoisotopic (exact) mass is 344 g/mol. The molecule has 0 aromatic carbocycles. The molecule has 130 valence electrons. The number of carbonyl (C=O) groups excluding carboxylic acids is 1. The van der Waals surface area contributed by atoms with Gasteiger partial charge in [0, 0.05) is 32.5 Å². The fourth-order valence-electron chi connectivity index (χ4n) is 2.52. The molecule has 1 saturated heterocycles. The van der Waals surface area contributed by atoms with Crippen LogP contribution in [-0.4, -0.2) is 57.1 Å². The molecule has 1 unspecified atom stereocenters. The normalized spacial score (nSPS) is 18.8. The lowest BCUT2D eigenvalue weighted by Gasteiger charge is -2.31. The molecule has 0 bridgehead atoms. The highest BCUT2D eigenvalue weighted by molar-refractivity contribution is 7.91. The molecule has 1 fully saturated rings. The average molecular weight is 344 g/mol. The first-order chi connectivity index (χ1) is 11.0. The van der Waals surface area contributed by atoms with Crippen molar-refractivity contribution >= 4 is 15.9 Å². The second-order valence-corrected chi connectivity index (χ2v) is 8.08. The predicted molar refractivity (Wildman–Crippen MR) is 85.8 cm³/mol. The molecular weight excluding hydrogens is 320 g/mol. The van der Waals surface area contributed by atoms with E-state index in [1.807, 2.05) is 6.07 Å². The Morgan fingerprint density at radius 1 is 1.52 bits per heavy atom. The summed E-state index contributed by atoms with van der Waals surface area (Å²) in [6, 6.07) is 3.45. The molecule has 0 spiro atoms. The third kappa shape index (κ3) is 5.87. The molecule has 2 amide bonds. The van der Waals surface area contributed by atoms with E-state index in [0.29, 0.717) is 39.1 Å².